The first-order valence-electron chi connectivity index (χ1n) is 8.32. The summed E-state index contributed by atoms with van der Waals surface area (Å²) in [6.45, 7) is 2.60. The van der Waals surface area contributed by atoms with Gasteiger partial charge in [0.1, 0.15) is 0 Å². The van der Waals surface area contributed by atoms with Crippen LogP contribution in [0.1, 0.15) is 84.0 Å². The van der Waals surface area contributed by atoms with Gasteiger partial charge in [0.2, 0.25) is 0 Å². The standard InChI is InChI=1S/C18H34O/c1-2-3-4-5-6-7-8-9-10-11-12-13-14-15-16-17-18-19/h6-7,9-10,19H,2-5,8,11-18H2,1H3/b7-6?,10-9-. The Kier molecular flexibility index (Phi) is 16.9. The Labute approximate surface area is 120 Å². The predicted molar refractivity (Wildman–Crippen MR) is 86.4 cm³/mol. The molecule has 0 aromatic rings. The summed E-state index contributed by atoms with van der Waals surface area (Å²) in [5, 5.41) is 8.66. The molecule has 112 valence electrons. The number of hydrogen-bond acceptors (Lipinski definition) is 1. The molecule has 0 aromatic heterocycles. The molecule has 1 heteroatoms. The predicted octanol–water partition coefficient (Wildman–Crippen LogP) is 5.79. The second-order valence-electron chi connectivity index (χ2n) is 5.31. The Balaban J connectivity index is 3.12. The van der Waals surface area contributed by atoms with Gasteiger partial charge in [0, 0.05) is 6.61 Å². The molecule has 0 aliphatic carbocycles. The van der Waals surface area contributed by atoms with E-state index in [0.29, 0.717) is 6.61 Å². The minimum atomic E-state index is 0.356. The minimum absolute atomic E-state index is 0.356. The van der Waals surface area contributed by atoms with Crippen molar-refractivity contribution in [2.45, 2.75) is 84.0 Å². The van der Waals surface area contributed by atoms with Crippen molar-refractivity contribution < 1.29 is 5.11 Å². The molecular formula is C18H34O. The van der Waals surface area contributed by atoms with E-state index in [1.807, 2.05) is 0 Å². The molecule has 0 fully saturated rings. The average molecular weight is 266 g/mol. The van der Waals surface area contributed by atoms with Crippen molar-refractivity contribution in [3.05, 3.63) is 24.3 Å². The lowest BCUT2D eigenvalue weighted by Crippen LogP contribution is -1.83. The van der Waals surface area contributed by atoms with Crippen LogP contribution in [-0.4, -0.2) is 11.7 Å². The number of aliphatic hydroxyl groups excluding tert-OH is 1. The Morgan fingerprint density at radius 3 is 1.74 bits per heavy atom. The zero-order chi connectivity index (χ0) is 14.0. The Morgan fingerprint density at radius 2 is 1.16 bits per heavy atom. The van der Waals surface area contributed by atoms with Crippen molar-refractivity contribution in [2.75, 3.05) is 6.61 Å². The van der Waals surface area contributed by atoms with Crippen LogP contribution in [0.15, 0.2) is 24.3 Å². The summed E-state index contributed by atoms with van der Waals surface area (Å²) >= 11 is 0. The molecular weight excluding hydrogens is 232 g/mol. The first-order chi connectivity index (χ1) is 9.41. The highest BCUT2D eigenvalue weighted by molar-refractivity contribution is 4.92. The summed E-state index contributed by atoms with van der Waals surface area (Å²) in [6.07, 6.45) is 24.2. The maximum atomic E-state index is 8.66. The van der Waals surface area contributed by atoms with Gasteiger partial charge in [-0.1, -0.05) is 69.8 Å². The van der Waals surface area contributed by atoms with E-state index in [-0.39, 0.29) is 0 Å². The zero-order valence-corrected chi connectivity index (χ0v) is 12.9. The zero-order valence-electron chi connectivity index (χ0n) is 12.9. The molecule has 1 nitrogen and oxygen atoms in total. The molecule has 0 aliphatic heterocycles. The van der Waals surface area contributed by atoms with Gasteiger partial charge in [-0.15, -0.1) is 0 Å². The molecule has 19 heavy (non-hydrogen) atoms. The smallest absolute Gasteiger partial charge is 0.0431 e. The lowest BCUT2D eigenvalue weighted by atomic mass is 10.1. The van der Waals surface area contributed by atoms with Crippen LogP contribution in [0.2, 0.25) is 0 Å². The highest BCUT2D eigenvalue weighted by atomic mass is 16.2. The van der Waals surface area contributed by atoms with Crippen LogP contribution in [0, 0.1) is 0 Å². The summed E-state index contributed by atoms with van der Waals surface area (Å²) in [5.74, 6) is 0. The average Bonchev–Trinajstić information content (AvgIpc) is 2.43. The molecule has 0 bridgehead atoms. The monoisotopic (exact) mass is 266 g/mol. The molecule has 0 rings (SSSR count). The fourth-order valence-corrected chi connectivity index (χ4v) is 2.10. The third kappa shape index (κ3) is 17.4. The Bertz CT molecular complexity index is 206. The molecule has 0 aliphatic rings. The first-order valence-corrected chi connectivity index (χ1v) is 8.32. The van der Waals surface area contributed by atoms with Crippen molar-refractivity contribution in [2.24, 2.45) is 0 Å². The van der Waals surface area contributed by atoms with E-state index < -0.39 is 0 Å². The van der Waals surface area contributed by atoms with Crippen molar-refractivity contribution in [1.29, 1.82) is 0 Å². The van der Waals surface area contributed by atoms with E-state index in [1.54, 1.807) is 0 Å². The number of aliphatic hydroxyl groups is 1. The Hall–Kier alpha value is -0.560. The first kappa shape index (κ1) is 18.4. The van der Waals surface area contributed by atoms with E-state index >= 15 is 0 Å². The molecule has 0 unspecified atom stereocenters. The number of unbranched alkanes of at least 4 members (excludes halogenated alkanes) is 9. The van der Waals surface area contributed by atoms with Crippen molar-refractivity contribution in [3.63, 3.8) is 0 Å². The van der Waals surface area contributed by atoms with Crippen LogP contribution in [-0.2, 0) is 0 Å². The molecule has 0 saturated heterocycles. The fraction of sp³-hybridized carbons (Fsp3) is 0.778. The van der Waals surface area contributed by atoms with Crippen LogP contribution in [0.4, 0.5) is 0 Å². The molecule has 0 saturated carbocycles. The summed E-state index contributed by atoms with van der Waals surface area (Å²) in [5.41, 5.74) is 0. The van der Waals surface area contributed by atoms with E-state index in [9.17, 15) is 0 Å². The van der Waals surface area contributed by atoms with Gasteiger partial charge in [-0.25, -0.2) is 0 Å². The third-order valence-electron chi connectivity index (χ3n) is 3.36. The van der Waals surface area contributed by atoms with Crippen LogP contribution in [0.3, 0.4) is 0 Å². The van der Waals surface area contributed by atoms with Gasteiger partial charge in [-0.2, -0.15) is 0 Å². The van der Waals surface area contributed by atoms with Crippen molar-refractivity contribution in [1.82, 2.24) is 0 Å². The third-order valence-corrected chi connectivity index (χ3v) is 3.36. The summed E-state index contributed by atoms with van der Waals surface area (Å²) < 4.78 is 0. The highest BCUT2D eigenvalue weighted by Crippen LogP contribution is 2.07. The molecule has 0 amide bonds. The Morgan fingerprint density at radius 1 is 0.632 bits per heavy atom. The molecule has 0 aromatic carbocycles. The molecule has 1 N–H and O–H groups in total. The van der Waals surface area contributed by atoms with Crippen LogP contribution in [0.25, 0.3) is 0 Å². The maximum absolute atomic E-state index is 8.66. The minimum Gasteiger partial charge on any atom is -0.396 e. The summed E-state index contributed by atoms with van der Waals surface area (Å²) in [7, 11) is 0. The maximum Gasteiger partial charge on any atom is 0.0431 e. The topological polar surface area (TPSA) is 20.2 Å². The van der Waals surface area contributed by atoms with Gasteiger partial charge in [0.15, 0.2) is 0 Å². The normalized spacial score (nSPS) is 11.9. The van der Waals surface area contributed by atoms with E-state index in [1.165, 1.54) is 64.2 Å². The van der Waals surface area contributed by atoms with Crippen LogP contribution in [0.5, 0.6) is 0 Å². The van der Waals surface area contributed by atoms with Gasteiger partial charge in [-0.3, -0.25) is 0 Å². The fourth-order valence-electron chi connectivity index (χ4n) is 2.10. The van der Waals surface area contributed by atoms with Gasteiger partial charge in [0.05, 0.1) is 0 Å². The quantitative estimate of drug-likeness (QED) is 0.311. The highest BCUT2D eigenvalue weighted by Gasteiger charge is 1.89. The molecule has 0 radical (unpaired) electrons. The van der Waals surface area contributed by atoms with Gasteiger partial charge >= 0.3 is 0 Å². The van der Waals surface area contributed by atoms with Crippen LogP contribution >= 0.6 is 0 Å². The number of allylic oxidation sites excluding steroid dienone is 4. The second kappa shape index (κ2) is 17.4. The van der Waals surface area contributed by atoms with E-state index in [4.69, 9.17) is 5.11 Å². The van der Waals surface area contributed by atoms with Gasteiger partial charge in [0.25, 0.3) is 0 Å². The van der Waals surface area contributed by atoms with Crippen molar-refractivity contribution >= 4 is 0 Å². The largest absolute Gasteiger partial charge is 0.396 e. The lowest BCUT2D eigenvalue weighted by molar-refractivity contribution is 0.282. The van der Waals surface area contributed by atoms with Gasteiger partial charge < -0.3 is 5.11 Å². The van der Waals surface area contributed by atoms with Crippen LogP contribution < -0.4 is 0 Å². The lowest BCUT2D eigenvalue weighted by Gasteiger charge is -1.98. The van der Waals surface area contributed by atoms with Crippen molar-refractivity contribution in [3.8, 4) is 0 Å². The van der Waals surface area contributed by atoms with Gasteiger partial charge in [-0.05, 0) is 38.5 Å². The summed E-state index contributed by atoms with van der Waals surface area (Å²) in [6, 6.07) is 0. The molecule has 0 heterocycles. The van der Waals surface area contributed by atoms with E-state index in [2.05, 4.69) is 31.2 Å². The molecule has 0 spiro atoms. The summed E-state index contributed by atoms with van der Waals surface area (Å²) in [4.78, 5) is 0. The second-order valence-corrected chi connectivity index (χ2v) is 5.31. The molecule has 0 atom stereocenters. The number of hydrogen-bond donors (Lipinski definition) is 1. The van der Waals surface area contributed by atoms with E-state index in [0.717, 1.165) is 12.8 Å². The number of rotatable bonds is 14. The SMILES string of the molecule is CCCCCC=CC/C=C\CCCCCCCCO.